The summed E-state index contributed by atoms with van der Waals surface area (Å²) in [5, 5.41) is 3.27. The third-order valence-corrected chi connectivity index (χ3v) is 3.86. The van der Waals surface area contributed by atoms with Gasteiger partial charge in [0.2, 0.25) is 0 Å². The molecule has 1 aromatic carbocycles. The molecule has 2 heterocycles. The molecule has 0 saturated carbocycles. The van der Waals surface area contributed by atoms with Crippen molar-refractivity contribution >= 4 is 21.6 Å². The molecule has 0 spiro atoms. The smallest absolute Gasteiger partial charge is 0.143 e. The minimum absolute atomic E-state index is 0.307. The van der Waals surface area contributed by atoms with Gasteiger partial charge in [0, 0.05) is 23.9 Å². The first-order chi connectivity index (χ1) is 10.1. The third kappa shape index (κ3) is 2.85. The number of hydrogen-bond acceptors (Lipinski definition) is 3. The fraction of sp³-hybridized carbons (Fsp3) is 0.133. The van der Waals surface area contributed by atoms with Crippen molar-refractivity contribution < 1.29 is 8.81 Å². The van der Waals surface area contributed by atoms with Crippen molar-refractivity contribution in [3.8, 4) is 0 Å². The Kier molecular flexibility index (Phi) is 3.79. The van der Waals surface area contributed by atoms with Gasteiger partial charge in [0.15, 0.2) is 0 Å². The van der Waals surface area contributed by atoms with E-state index in [9.17, 15) is 4.39 Å². The van der Waals surface area contributed by atoms with Crippen LogP contribution in [0.2, 0.25) is 0 Å². The van der Waals surface area contributed by atoms with E-state index in [4.69, 9.17) is 4.42 Å². The Bertz CT molecular complexity index is 739. The maximum absolute atomic E-state index is 13.5. The molecule has 0 saturated heterocycles. The van der Waals surface area contributed by atoms with E-state index in [2.05, 4.69) is 26.2 Å². The molecule has 1 atom stereocenters. The molecule has 3 rings (SSSR count). The number of aryl methyl sites for hydroxylation is 1. The minimum Gasteiger partial charge on any atom is -0.467 e. The second kappa shape index (κ2) is 5.73. The Morgan fingerprint density at radius 2 is 2.24 bits per heavy atom. The number of nitrogens with one attached hydrogen (secondary N) is 1. The molecule has 108 valence electrons. The van der Waals surface area contributed by atoms with Gasteiger partial charge in [-0.25, -0.2) is 9.37 Å². The van der Waals surface area contributed by atoms with Crippen molar-refractivity contribution in [1.82, 2.24) is 9.55 Å². The number of furan rings is 1. The van der Waals surface area contributed by atoms with E-state index in [1.807, 2.05) is 29.9 Å². The van der Waals surface area contributed by atoms with E-state index in [0.29, 0.717) is 11.4 Å². The van der Waals surface area contributed by atoms with Crippen LogP contribution in [0.15, 0.2) is 57.9 Å². The highest BCUT2D eigenvalue weighted by Gasteiger charge is 2.21. The van der Waals surface area contributed by atoms with Crippen molar-refractivity contribution in [3.05, 3.63) is 70.9 Å². The zero-order valence-electron chi connectivity index (χ0n) is 11.3. The van der Waals surface area contributed by atoms with Gasteiger partial charge in [-0.2, -0.15) is 0 Å². The Morgan fingerprint density at radius 3 is 2.90 bits per heavy atom. The number of aromatic nitrogens is 2. The predicted molar refractivity (Wildman–Crippen MR) is 81.5 cm³/mol. The second-order valence-electron chi connectivity index (χ2n) is 4.61. The first-order valence-corrected chi connectivity index (χ1v) is 7.16. The molecule has 0 amide bonds. The number of halogens is 2. The van der Waals surface area contributed by atoms with Gasteiger partial charge in [-0.15, -0.1) is 0 Å². The van der Waals surface area contributed by atoms with Gasteiger partial charge < -0.3 is 14.3 Å². The van der Waals surface area contributed by atoms with Crippen LogP contribution in [0.4, 0.5) is 10.1 Å². The molecule has 0 aliphatic rings. The normalized spacial score (nSPS) is 12.3. The van der Waals surface area contributed by atoms with Crippen molar-refractivity contribution in [3.63, 3.8) is 0 Å². The van der Waals surface area contributed by atoms with E-state index < -0.39 is 0 Å². The van der Waals surface area contributed by atoms with Crippen molar-refractivity contribution in [1.29, 1.82) is 0 Å². The molecule has 0 radical (unpaired) electrons. The summed E-state index contributed by atoms with van der Waals surface area (Å²) in [5.74, 6) is 1.18. The summed E-state index contributed by atoms with van der Waals surface area (Å²) in [6.07, 6.45) is 5.18. The van der Waals surface area contributed by atoms with E-state index in [1.165, 1.54) is 12.1 Å². The Hall–Kier alpha value is -2.08. The summed E-state index contributed by atoms with van der Waals surface area (Å²) in [6.45, 7) is 0. The van der Waals surface area contributed by atoms with Crippen LogP contribution in [0, 0.1) is 5.82 Å². The van der Waals surface area contributed by atoms with Gasteiger partial charge in [0.1, 0.15) is 23.4 Å². The lowest BCUT2D eigenvalue weighted by atomic mass is 10.2. The highest BCUT2D eigenvalue weighted by atomic mass is 79.9. The van der Waals surface area contributed by atoms with Gasteiger partial charge in [-0.1, -0.05) is 0 Å². The quantitative estimate of drug-likeness (QED) is 0.770. The van der Waals surface area contributed by atoms with E-state index in [1.54, 1.807) is 18.5 Å². The SMILES string of the molecule is Cn1ccnc1C(Nc1cc(F)ccc1Br)c1ccco1. The topological polar surface area (TPSA) is 43.0 Å². The van der Waals surface area contributed by atoms with Crippen LogP contribution in [0.25, 0.3) is 0 Å². The molecule has 2 aromatic heterocycles. The van der Waals surface area contributed by atoms with Crippen LogP contribution < -0.4 is 5.32 Å². The van der Waals surface area contributed by atoms with E-state index in [0.717, 1.165) is 10.3 Å². The Balaban J connectivity index is 2.01. The van der Waals surface area contributed by atoms with Crippen LogP contribution in [-0.2, 0) is 7.05 Å². The molecule has 0 bridgehead atoms. The van der Waals surface area contributed by atoms with Crippen LogP contribution in [0.3, 0.4) is 0 Å². The molecule has 1 N–H and O–H groups in total. The zero-order valence-corrected chi connectivity index (χ0v) is 12.8. The lowest BCUT2D eigenvalue weighted by Gasteiger charge is -2.18. The first kappa shape index (κ1) is 13.9. The van der Waals surface area contributed by atoms with Crippen molar-refractivity contribution in [2.75, 3.05) is 5.32 Å². The molecule has 0 fully saturated rings. The van der Waals surface area contributed by atoms with Gasteiger partial charge in [-0.3, -0.25) is 0 Å². The number of anilines is 1. The Morgan fingerprint density at radius 1 is 1.38 bits per heavy atom. The number of nitrogens with zero attached hydrogens (tertiary/aromatic N) is 2. The van der Waals surface area contributed by atoms with Crippen molar-refractivity contribution in [2.24, 2.45) is 7.05 Å². The minimum atomic E-state index is -0.307. The van der Waals surface area contributed by atoms with Gasteiger partial charge >= 0.3 is 0 Å². The summed E-state index contributed by atoms with van der Waals surface area (Å²) in [5.41, 5.74) is 0.638. The van der Waals surface area contributed by atoms with Crippen LogP contribution >= 0.6 is 15.9 Å². The molecule has 1 unspecified atom stereocenters. The van der Waals surface area contributed by atoms with E-state index >= 15 is 0 Å². The summed E-state index contributed by atoms with van der Waals surface area (Å²) in [4.78, 5) is 4.35. The average Bonchev–Trinajstić information content (AvgIpc) is 3.11. The zero-order chi connectivity index (χ0) is 14.8. The number of hydrogen-bond donors (Lipinski definition) is 1. The molecule has 0 aliphatic heterocycles. The van der Waals surface area contributed by atoms with Crippen LogP contribution in [0.5, 0.6) is 0 Å². The number of imidazole rings is 1. The third-order valence-electron chi connectivity index (χ3n) is 3.17. The molecular weight excluding hydrogens is 337 g/mol. The highest BCUT2D eigenvalue weighted by molar-refractivity contribution is 9.10. The summed E-state index contributed by atoms with van der Waals surface area (Å²) in [7, 11) is 1.90. The first-order valence-electron chi connectivity index (χ1n) is 6.37. The van der Waals surface area contributed by atoms with Crippen molar-refractivity contribution in [2.45, 2.75) is 6.04 Å². The van der Waals surface area contributed by atoms with E-state index in [-0.39, 0.29) is 11.9 Å². The molecule has 0 aliphatic carbocycles. The monoisotopic (exact) mass is 349 g/mol. The molecule has 6 heteroatoms. The maximum atomic E-state index is 13.5. The summed E-state index contributed by atoms with van der Waals surface area (Å²) >= 11 is 3.42. The lowest BCUT2D eigenvalue weighted by molar-refractivity contribution is 0.488. The fourth-order valence-electron chi connectivity index (χ4n) is 2.14. The molecular formula is C15H13BrFN3O. The van der Waals surface area contributed by atoms with Crippen LogP contribution in [-0.4, -0.2) is 9.55 Å². The summed E-state index contributed by atoms with van der Waals surface area (Å²) in [6, 6.07) is 7.86. The summed E-state index contributed by atoms with van der Waals surface area (Å²) < 4.78 is 21.6. The van der Waals surface area contributed by atoms with Crippen LogP contribution in [0.1, 0.15) is 17.6 Å². The fourth-order valence-corrected chi connectivity index (χ4v) is 2.50. The standard InChI is InChI=1S/C15H13BrFN3O/c1-20-7-6-18-15(20)14(13-3-2-8-21-13)19-12-9-10(17)4-5-11(12)16/h2-9,14,19H,1H3. The Labute approximate surface area is 129 Å². The lowest BCUT2D eigenvalue weighted by Crippen LogP contribution is -2.16. The number of benzene rings is 1. The second-order valence-corrected chi connectivity index (χ2v) is 5.47. The molecule has 4 nitrogen and oxygen atoms in total. The highest BCUT2D eigenvalue weighted by Crippen LogP contribution is 2.30. The average molecular weight is 350 g/mol. The number of rotatable bonds is 4. The maximum Gasteiger partial charge on any atom is 0.143 e. The van der Waals surface area contributed by atoms with Gasteiger partial charge in [-0.05, 0) is 46.3 Å². The largest absolute Gasteiger partial charge is 0.467 e. The van der Waals surface area contributed by atoms with Gasteiger partial charge in [0.25, 0.3) is 0 Å². The van der Waals surface area contributed by atoms with Gasteiger partial charge in [0.05, 0.1) is 12.0 Å². The molecule has 3 aromatic rings. The predicted octanol–water partition coefficient (Wildman–Crippen LogP) is 4.12. The molecule has 21 heavy (non-hydrogen) atoms.